The summed E-state index contributed by atoms with van der Waals surface area (Å²) in [5.74, 6) is 0.829. The van der Waals surface area contributed by atoms with Gasteiger partial charge in [-0.05, 0) is 25.0 Å². The smallest absolute Gasteiger partial charge is 0.274 e. The number of carbonyl (C=O) groups is 1. The van der Waals surface area contributed by atoms with E-state index in [9.17, 15) is 4.79 Å². The summed E-state index contributed by atoms with van der Waals surface area (Å²) in [4.78, 5) is 25.9. The van der Waals surface area contributed by atoms with Gasteiger partial charge >= 0.3 is 0 Å². The van der Waals surface area contributed by atoms with Crippen molar-refractivity contribution in [1.29, 1.82) is 0 Å². The zero-order valence-corrected chi connectivity index (χ0v) is 15.5. The Balaban J connectivity index is 1.41. The lowest BCUT2D eigenvalue weighted by atomic mass is 10.2. The van der Waals surface area contributed by atoms with Crippen LogP contribution in [0.15, 0.2) is 41.1 Å². The van der Waals surface area contributed by atoms with Crippen LogP contribution in [0.4, 0.5) is 0 Å². The number of nitrogens with zero attached hydrogens (tertiary/aromatic N) is 5. The molecular weight excluding hydrogens is 342 g/mol. The molecule has 3 heterocycles. The van der Waals surface area contributed by atoms with Gasteiger partial charge < -0.3 is 9.42 Å². The zero-order chi connectivity index (χ0) is 18.6. The van der Waals surface area contributed by atoms with Gasteiger partial charge in [-0.2, -0.15) is 0 Å². The van der Waals surface area contributed by atoms with Crippen LogP contribution in [-0.4, -0.2) is 57.0 Å². The maximum absolute atomic E-state index is 12.9. The van der Waals surface area contributed by atoms with E-state index in [0.717, 1.165) is 61.5 Å². The maximum atomic E-state index is 12.9. The molecule has 1 aromatic carbocycles. The zero-order valence-electron chi connectivity index (χ0n) is 15.5. The van der Waals surface area contributed by atoms with Crippen molar-refractivity contribution >= 4 is 16.9 Å². The van der Waals surface area contributed by atoms with Gasteiger partial charge in [0.15, 0.2) is 5.76 Å². The Kier molecular flexibility index (Phi) is 5.11. The van der Waals surface area contributed by atoms with Gasteiger partial charge in [-0.25, -0.2) is 4.98 Å². The van der Waals surface area contributed by atoms with E-state index in [-0.39, 0.29) is 5.91 Å². The Morgan fingerprint density at radius 1 is 1.15 bits per heavy atom. The highest BCUT2D eigenvalue weighted by atomic mass is 16.5. The lowest BCUT2D eigenvalue weighted by molar-refractivity contribution is 0.0754. The van der Waals surface area contributed by atoms with Gasteiger partial charge in [-0.15, -0.1) is 0 Å². The Hall–Kier alpha value is -2.80. The second-order valence-electron chi connectivity index (χ2n) is 6.80. The molecule has 7 heteroatoms. The van der Waals surface area contributed by atoms with Crippen molar-refractivity contribution in [3.63, 3.8) is 0 Å². The van der Waals surface area contributed by atoms with Crippen molar-refractivity contribution in [2.24, 2.45) is 0 Å². The molecule has 0 bridgehead atoms. The molecule has 1 fully saturated rings. The van der Waals surface area contributed by atoms with Crippen LogP contribution >= 0.6 is 0 Å². The molecule has 140 valence electrons. The molecule has 0 N–H and O–H groups in total. The van der Waals surface area contributed by atoms with Crippen LogP contribution in [0.25, 0.3) is 11.0 Å². The largest absolute Gasteiger partial charge is 0.360 e. The molecule has 0 unspecified atom stereocenters. The van der Waals surface area contributed by atoms with Crippen molar-refractivity contribution in [3.8, 4) is 0 Å². The van der Waals surface area contributed by atoms with Gasteiger partial charge in [0, 0.05) is 32.2 Å². The van der Waals surface area contributed by atoms with Crippen molar-refractivity contribution in [3.05, 3.63) is 53.7 Å². The van der Waals surface area contributed by atoms with Crippen LogP contribution in [-0.2, 0) is 13.0 Å². The van der Waals surface area contributed by atoms with Gasteiger partial charge in [0.2, 0.25) is 0 Å². The fourth-order valence-corrected chi connectivity index (χ4v) is 3.37. The normalized spacial score (nSPS) is 15.8. The van der Waals surface area contributed by atoms with Gasteiger partial charge in [0.1, 0.15) is 5.69 Å². The fraction of sp³-hybridized carbons (Fsp3) is 0.400. The first-order valence-electron chi connectivity index (χ1n) is 9.41. The Morgan fingerprint density at radius 3 is 2.81 bits per heavy atom. The number of aryl methyl sites for hydroxylation is 1. The van der Waals surface area contributed by atoms with Crippen molar-refractivity contribution in [2.75, 3.05) is 26.2 Å². The first-order valence-corrected chi connectivity index (χ1v) is 9.41. The number of fused-ring (bicyclic) bond motifs is 1. The second-order valence-corrected chi connectivity index (χ2v) is 6.80. The molecule has 0 aliphatic carbocycles. The lowest BCUT2D eigenvalue weighted by Gasteiger charge is -2.21. The quantitative estimate of drug-likeness (QED) is 0.707. The number of hydrogen-bond donors (Lipinski definition) is 0. The summed E-state index contributed by atoms with van der Waals surface area (Å²) in [7, 11) is 0. The van der Waals surface area contributed by atoms with Crippen LogP contribution in [0.5, 0.6) is 0 Å². The van der Waals surface area contributed by atoms with Gasteiger partial charge in [-0.3, -0.25) is 14.7 Å². The number of para-hydroxylation sites is 2. The third-order valence-corrected chi connectivity index (χ3v) is 4.89. The Labute approximate surface area is 158 Å². The minimum absolute atomic E-state index is 0.0527. The highest BCUT2D eigenvalue weighted by molar-refractivity contribution is 5.93. The predicted molar refractivity (Wildman–Crippen MR) is 101 cm³/mol. The molecule has 1 aliphatic heterocycles. The summed E-state index contributed by atoms with van der Waals surface area (Å²) in [6, 6.07) is 9.61. The molecule has 2 aromatic heterocycles. The second kappa shape index (κ2) is 7.84. The van der Waals surface area contributed by atoms with Crippen LogP contribution in [0.2, 0.25) is 0 Å². The van der Waals surface area contributed by atoms with Crippen LogP contribution in [0.3, 0.4) is 0 Å². The first-order chi connectivity index (χ1) is 13.2. The number of carbonyl (C=O) groups excluding carboxylic acids is 1. The van der Waals surface area contributed by atoms with Gasteiger partial charge in [0.25, 0.3) is 5.91 Å². The Bertz CT molecular complexity index is 939. The van der Waals surface area contributed by atoms with E-state index >= 15 is 0 Å². The van der Waals surface area contributed by atoms with E-state index in [2.05, 4.69) is 26.9 Å². The lowest BCUT2D eigenvalue weighted by Crippen LogP contribution is -2.35. The highest BCUT2D eigenvalue weighted by Crippen LogP contribution is 2.14. The van der Waals surface area contributed by atoms with Gasteiger partial charge in [0.05, 0.1) is 29.5 Å². The molecule has 1 aliphatic rings. The summed E-state index contributed by atoms with van der Waals surface area (Å²) >= 11 is 0. The minimum atomic E-state index is -0.0527. The summed E-state index contributed by atoms with van der Waals surface area (Å²) < 4.78 is 5.39. The molecule has 3 aromatic rings. The average Bonchev–Trinajstić information content (AvgIpc) is 3.04. The molecule has 4 rings (SSSR count). The summed E-state index contributed by atoms with van der Waals surface area (Å²) in [6.07, 6.45) is 3.37. The summed E-state index contributed by atoms with van der Waals surface area (Å²) in [5, 5.41) is 4.05. The molecule has 1 amide bonds. The molecular formula is C20H23N5O2. The van der Waals surface area contributed by atoms with E-state index in [1.807, 2.05) is 35.2 Å². The van der Waals surface area contributed by atoms with Crippen LogP contribution in [0.1, 0.15) is 35.3 Å². The summed E-state index contributed by atoms with van der Waals surface area (Å²) in [5.41, 5.74) is 2.93. The van der Waals surface area contributed by atoms with E-state index in [1.165, 1.54) is 0 Å². The first kappa shape index (κ1) is 17.6. The fourth-order valence-electron chi connectivity index (χ4n) is 3.37. The Morgan fingerprint density at radius 2 is 2.00 bits per heavy atom. The molecule has 0 radical (unpaired) electrons. The summed E-state index contributed by atoms with van der Waals surface area (Å²) in [6.45, 7) is 5.91. The number of aromatic nitrogens is 3. The average molecular weight is 365 g/mol. The topological polar surface area (TPSA) is 75.4 Å². The number of hydrogen-bond acceptors (Lipinski definition) is 6. The predicted octanol–water partition coefficient (Wildman–Crippen LogP) is 2.53. The third-order valence-electron chi connectivity index (χ3n) is 4.89. The third kappa shape index (κ3) is 3.98. The van der Waals surface area contributed by atoms with Crippen molar-refractivity contribution < 1.29 is 9.32 Å². The van der Waals surface area contributed by atoms with Crippen LogP contribution in [0, 0.1) is 0 Å². The number of benzene rings is 1. The van der Waals surface area contributed by atoms with Gasteiger partial charge in [-0.1, -0.05) is 24.2 Å². The van der Waals surface area contributed by atoms with E-state index < -0.39 is 0 Å². The molecule has 27 heavy (non-hydrogen) atoms. The number of rotatable bonds is 4. The SMILES string of the molecule is CCc1cc(CN2CCCN(C(=O)c3cnc4ccccc4n3)CC2)on1. The maximum Gasteiger partial charge on any atom is 0.274 e. The van der Waals surface area contributed by atoms with Crippen molar-refractivity contribution in [2.45, 2.75) is 26.3 Å². The molecule has 0 saturated carbocycles. The molecule has 0 atom stereocenters. The monoisotopic (exact) mass is 365 g/mol. The number of amides is 1. The van der Waals surface area contributed by atoms with E-state index in [0.29, 0.717) is 12.2 Å². The highest BCUT2D eigenvalue weighted by Gasteiger charge is 2.22. The van der Waals surface area contributed by atoms with E-state index in [4.69, 9.17) is 4.52 Å². The molecule has 1 saturated heterocycles. The minimum Gasteiger partial charge on any atom is -0.360 e. The van der Waals surface area contributed by atoms with E-state index in [1.54, 1.807) is 6.20 Å². The molecule has 7 nitrogen and oxygen atoms in total. The molecule has 0 spiro atoms. The van der Waals surface area contributed by atoms with Crippen molar-refractivity contribution in [1.82, 2.24) is 24.9 Å². The van der Waals surface area contributed by atoms with Crippen LogP contribution < -0.4 is 0 Å². The standard InChI is InChI=1S/C20H23N5O2/c1-2-15-12-16(27-23-15)14-24-8-5-9-25(11-10-24)20(26)19-13-21-17-6-3-4-7-18(17)22-19/h3-4,6-7,12-13H,2,5,8-11,14H2,1H3.